The van der Waals surface area contributed by atoms with Crippen LogP contribution >= 0.6 is 0 Å². The van der Waals surface area contributed by atoms with E-state index in [0.29, 0.717) is 23.3 Å². The van der Waals surface area contributed by atoms with Gasteiger partial charge < -0.3 is 10.1 Å². The molecule has 1 unspecified atom stereocenters. The fraction of sp³-hybridized carbons (Fsp3) is 0.903. The molecule has 3 saturated carbocycles. The zero-order chi connectivity index (χ0) is 26.6. The normalized spacial score (nSPS) is 44.4. The second-order valence-electron chi connectivity index (χ2n) is 14.0. The zero-order valence-corrected chi connectivity index (χ0v) is 25.0. The van der Waals surface area contributed by atoms with Crippen molar-refractivity contribution < 1.29 is 13.2 Å². The molecule has 5 aliphatic rings. The smallest absolute Gasteiger partial charge is 0.373 e. The summed E-state index contributed by atoms with van der Waals surface area (Å²) >= 11 is 0. The topological polar surface area (TPSA) is 59.8 Å². The Morgan fingerprint density at radius 2 is 2.00 bits per heavy atom. The summed E-state index contributed by atoms with van der Waals surface area (Å²) in [5.41, 5.74) is 3.80. The summed E-state index contributed by atoms with van der Waals surface area (Å²) in [6.07, 6.45) is 13.1. The lowest BCUT2D eigenvalue weighted by Crippen LogP contribution is -2.46. The van der Waals surface area contributed by atoms with Crippen molar-refractivity contribution in [1.29, 1.82) is 0 Å². The van der Waals surface area contributed by atoms with E-state index >= 15 is 0 Å². The molecular weight excluding hydrogens is 480 g/mol. The van der Waals surface area contributed by atoms with Gasteiger partial charge in [0.1, 0.15) is 6.26 Å². The van der Waals surface area contributed by atoms with Crippen LogP contribution in [0.5, 0.6) is 0 Å². The molecular formula is C31H51N2O3S+. The Kier molecular flexibility index (Phi) is 7.66. The van der Waals surface area contributed by atoms with Crippen LogP contribution in [-0.2, 0) is 14.8 Å². The van der Waals surface area contributed by atoms with Gasteiger partial charge in [0.2, 0.25) is 0 Å². The van der Waals surface area contributed by atoms with E-state index in [2.05, 4.69) is 50.3 Å². The van der Waals surface area contributed by atoms with Crippen LogP contribution in [0.1, 0.15) is 98.8 Å². The fourth-order valence-electron chi connectivity index (χ4n) is 9.31. The van der Waals surface area contributed by atoms with Crippen molar-refractivity contribution in [3.05, 3.63) is 15.4 Å². The minimum Gasteiger partial charge on any atom is -0.373 e. The third-order valence-electron chi connectivity index (χ3n) is 12.0. The maximum absolute atomic E-state index is 11.5. The van der Waals surface area contributed by atoms with Crippen LogP contribution in [0.25, 0.3) is 4.25 Å². The Balaban J connectivity index is 1.30. The van der Waals surface area contributed by atoms with Gasteiger partial charge in [-0.2, -0.15) is 0 Å². The van der Waals surface area contributed by atoms with E-state index in [-0.39, 0.29) is 11.5 Å². The average molecular weight is 532 g/mol. The molecule has 4 aliphatic carbocycles. The summed E-state index contributed by atoms with van der Waals surface area (Å²) in [4.78, 5) is 0. The number of nitrogens with zero attached hydrogens (tertiary/aromatic N) is 1. The predicted octanol–water partition coefficient (Wildman–Crippen LogP) is 6.66. The van der Waals surface area contributed by atoms with Gasteiger partial charge in [-0.15, -0.1) is 8.42 Å². The molecule has 6 heteroatoms. The second kappa shape index (κ2) is 10.3. The van der Waals surface area contributed by atoms with Crippen molar-refractivity contribution in [2.45, 2.75) is 110 Å². The Bertz CT molecular complexity index is 1070. The van der Waals surface area contributed by atoms with E-state index in [0.717, 1.165) is 56.1 Å². The summed E-state index contributed by atoms with van der Waals surface area (Å²) in [7, 11) is -3.34. The maximum Gasteiger partial charge on any atom is 0.476 e. The van der Waals surface area contributed by atoms with Crippen molar-refractivity contribution in [3.63, 3.8) is 0 Å². The number of ether oxygens (including phenoxy) is 1. The number of nitrogens with one attached hydrogen (secondary N) is 1. The number of fused-ring (bicyclic) bond motifs is 5. The number of hydrogen-bond donors (Lipinski definition) is 1. The molecule has 1 heterocycles. The van der Waals surface area contributed by atoms with Gasteiger partial charge in [-0.05, 0) is 106 Å². The van der Waals surface area contributed by atoms with Gasteiger partial charge in [0.05, 0.1) is 22.4 Å². The lowest BCUT2D eigenvalue weighted by molar-refractivity contribution is -0.0472. The molecule has 0 aromatic carbocycles. The highest BCUT2D eigenvalue weighted by atomic mass is 32.2. The molecule has 208 valence electrons. The van der Waals surface area contributed by atoms with Crippen LogP contribution in [0.15, 0.2) is 11.1 Å². The Morgan fingerprint density at radius 1 is 1.22 bits per heavy atom. The van der Waals surface area contributed by atoms with Crippen LogP contribution in [0.3, 0.4) is 0 Å². The van der Waals surface area contributed by atoms with Gasteiger partial charge in [0, 0.05) is 12.0 Å². The predicted molar refractivity (Wildman–Crippen MR) is 151 cm³/mol. The Labute approximate surface area is 226 Å². The number of sulfonamides is 1. The largest absolute Gasteiger partial charge is 0.476 e. The minimum atomic E-state index is -3.34. The molecule has 0 aromatic rings. The highest BCUT2D eigenvalue weighted by molar-refractivity contribution is 7.92. The second-order valence-corrected chi connectivity index (χ2v) is 15.6. The molecule has 1 aliphatic heterocycles. The van der Waals surface area contributed by atoms with E-state index in [1.165, 1.54) is 51.2 Å². The summed E-state index contributed by atoms with van der Waals surface area (Å²) in [5.74, 6) is 4.45. The van der Waals surface area contributed by atoms with E-state index in [4.69, 9.17) is 4.74 Å². The Hall–Kier alpha value is -0.900. The van der Waals surface area contributed by atoms with Crippen LogP contribution in [0, 0.1) is 52.9 Å². The van der Waals surface area contributed by atoms with Gasteiger partial charge in [0.15, 0.2) is 0 Å². The number of hydrogen-bond acceptors (Lipinski definition) is 4. The van der Waals surface area contributed by atoms with E-state index in [9.17, 15) is 8.42 Å². The highest BCUT2D eigenvalue weighted by Crippen LogP contribution is 2.65. The quantitative estimate of drug-likeness (QED) is 0.412. The number of allylic oxidation sites excluding steroid dienone is 1. The van der Waals surface area contributed by atoms with Crippen molar-refractivity contribution >= 4 is 10.0 Å². The van der Waals surface area contributed by atoms with Gasteiger partial charge in [-0.1, -0.05) is 45.3 Å². The average Bonchev–Trinajstić information content (AvgIpc) is 3.33. The van der Waals surface area contributed by atoms with Crippen LogP contribution in [-0.4, -0.2) is 39.5 Å². The Morgan fingerprint density at radius 3 is 2.73 bits per heavy atom. The van der Waals surface area contributed by atoms with Gasteiger partial charge in [-0.25, -0.2) is 0 Å². The van der Waals surface area contributed by atoms with Crippen molar-refractivity contribution in [1.82, 2.24) is 5.32 Å². The van der Waals surface area contributed by atoms with Crippen LogP contribution in [0.4, 0.5) is 0 Å². The van der Waals surface area contributed by atoms with Crippen molar-refractivity contribution in [2.75, 3.05) is 19.4 Å². The van der Waals surface area contributed by atoms with Crippen molar-refractivity contribution in [2.24, 2.45) is 46.8 Å². The van der Waals surface area contributed by atoms with Crippen LogP contribution < -0.4 is 5.32 Å². The SMILES string of the molecule is CC[C@H](C)CN[C@@H]1CO[C@]2(CC[C@@H]3C(=C(C)C2)C[C@H]2[C@H]3CC[C@@H]3CC(C#[N+]S(C)(=O)=O)CC[C@@]32C)[C@@H]1C. The molecule has 4 fully saturated rings. The molecule has 1 saturated heterocycles. The standard InChI is InChI=1S/C31H51N2O3S/c1-7-20(2)17-32-29-19-36-31(22(29)4)13-11-25-26-9-8-24-14-23(18-33-37(6,34)35)10-12-30(24,5)28(26)15-27(25)21(3)16-31/h20,22-26,28-29,32H,7-17,19H2,1-6H3/q+1/t20-,22+,23?,24+,25-,26-,28-,29+,30-,31-/m0/s1. The lowest BCUT2D eigenvalue weighted by atomic mass is 9.51. The molecule has 1 N–H and O–H groups in total. The van der Waals surface area contributed by atoms with Crippen molar-refractivity contribution in [3.8, 4) is 6.07 Å². The molecule has 0 bridgehead atoms. The van der Waals surface area contributed by atoms with Gasteiger partial charge in [0.25, 0.3) is 0 Å². The molecule has 0 amide bonds. The minimum absolute atomic E-state index is 0.0119. The summed E-state index contributed by atoms with van der Waals surface area (Å²) in [5, 5.41) is 3.86. The number of rotatable bonds is 4. The summed E-state index contributed by atoms with van der Waals surface area (Å²) in [6.45, 7) is 14.0. The third-order valence-corrected chi connectivity index (χ3v) is 12.4. The van der Waals surface area contributed by atoms with E-state index < -0.39 is 10.0 Å². The molecule has 0 aromatic heterocycles. The molecule has 5 nitrogen and oxygen atoms in total. The third kappa shape index (κ3) is 5.19. The van der Waals surface area contributed by atoms with E-state index in [1.54, 1.807) is 11.1 Å². The molecule has 10 atom stereocenters. The maximum atomic E-state index is 11.5. The molecule has 37 heavy (non-hydrogen) atoms. The van der Waals surface area contributed by atoms with Gasteiger partial charge in [-0.3, -0.25) is 0 Å². The molecule has 1 spiro atoms. The fourth-order valence-corrected chi connectivity index (χ4v) is 9.65. The van der Waals surface area contributed by atoms with Crippen LogP contribution in [0.2, 0.25) is 0 Å². The molecule has 0 radical (unpaired) electrons. The monoisotopic (exact) mass is 531 g/mol. The lowest BCUT2D eigenvalue weighted by Gasteiger charge is -2.53. The summed E-state index contributed by atoms with van der Waals surface area (Å²) in [6, 6.07) is 3.48. The highest BCUT2D eigenvalue weighted by Gasteiger charge is 2.58. The molecule has 5 rings (SSSR count). The summed E-state index contributed by atoms with van der Waals surface area (Å²) < 4.78 is 33.5. The van der Waals surface area contributed by atoms with E-state index in [1.807, 2.05) is 0 Å². The zero-order valence-electron chi connectivity index (χ0n) is 24.2. The first-order chi connectivity index (χ1) is 17.5. The first-order valence-corrected chi connectivity index (χ1v) is 17.0. The van der Waals surface area contributed by atoms with Gasteiger partial charge >= 0.3 is 16.1 Å². The first kappa shape index (κ1) is 27.7. The first-order valence-electron chi connectivity index (χ1n) is 15.2.